The Labute approximate surface area is 229 Å². The number of carbonyl (C=O) groups excluding carboxylic acids is 3. The van der Waals surface area contributed by atoms with Crippen molar-refractivity contribution in [3.05, 3.63) is 83.9 Å². The van der Waals surface area contributed by atoms with Crippen LogP contribution >= 0.6 is 0 Å². The molecule has 0 aromatic heterocycles. The van der Waals surface area contributed by atoms with Gasteiger partial charge in [-0.05, 0) is 55.6 Å². The molecule has 1 aliphatic heterocycles. The molecule has 4 rings (SSSR count). The van der Waals surface area contributed by atoms with E-state index in [-0.39, 0.29) is 24.3 Å². The number of anilines is 2. The van der Waals surface area contributed by atoms with Crippen molar-refractivity contribution in [1.82, 2.24) is 15.1 Å². The Morgan fingerprint density at radius 2 is 1.54 bits per heavy atom. The number of likely N-dealkylation sites (N-methyl/N-ethyl adjacent to an activating group) is 1. The molecule has 3 aromatic rings. The molecule has 0 spiro atoms. The van der Waals surface area contributed by atoms with E-state index in [0.717, 1.165) is 11.1 Å². The molecule has 1 aliphatic rings. The SMILES string of the molecule is CN(C)CCNC(=O)c1ccc(C(=O)Nc2ccc(-c3ccccc3)cc2)cc1NC(=O)CN1CCOCC1. The molecular weight excluding hydrogens is 494 g/mol. The Morgan fingerprint density at radius 3 is 2.23 bits per heavy atom. The summed E-state index contributed by atoms with van der Waals surface area (Å²) in [5.74, 6) is -0.916. The Morgan fingerprint density at radius 1 is 0.846 bits per heavy atom. The summed E-state index contributed by atoms with van der Waals surface area (Å²) in [4.78, 5) is 42.8. The zero-order valence-electron chi connectivity index (χ0n) is 22.4. The molecule has 9 nitrogen and oxygen atoms in total. The van der Waals surface area contributed by atoms with Gasteiger partial charge in [-0.25, -0.2) is 0 Å². The lowest BCUT2D eigenvalue weighted by molar-refractivity contribution is -0.118. The van der Waals surface area contributed by atoms with Crippen LogP contribution in [0.5, 0.6) is 0 Å². The first-order valence-electron chi connectivity index (χ1n) is 13.0. The van der Waals surface area contributed by atoms with Gasteiger partial charge in [0.2, 0.25) is 5.91 Å². The summed E-state index contributed by atoms with van der Waals surface area (Å²) in [6.45, 7) is 3.79. The molecule has 3 aromatic carbocycles. The molecular formula is C30H35N5O4. The zero-order valence-corrected chi connectivity index (χ0v) is 22.4. The minimum atomic E-state index is -0.342. The van der Waals surface area contributed by atoms with E-state index in [2.05, 4.69) is 16.0 Å². The third-order valence-electron chi connectivity index (χ3n) is 6.37. The van der Waals surface area contributed by atoms with Gasteiger partial charge in [0.15, 0.2) is 0 Å². The third kappa shape index (κ3) is 8.22. The maximum absolute atomic E-state index is 13.1. The molecule has 204 valence electrons. The van der Waals surface area contributed by atoms with Gasteiger partial charge in [-0.15, -0.1) is 0 Å². The molecule has 3 N–H and O–H groups in total. The molecule has 1 saturated heterocycles. The molecule has 3 amide bonds. The molecule has 0 saturated carbocycles. The topological polar surface area (TPSA) is 103 Å². The van der Waals surface area contributed by atoms with Crippen LogP contribution in [0.15, 0.2) is 72.8 Å². The number of nitrogens with zero attached hydrogens (tertiary/aromatic N) is 2. The zero-order chi connectivity index (χ0) is 27.6. The number of nitrogens with one attached hydrogen (secondary N) is 3. The van der Waals surface area contributed by atoms with Gasteiger partial charge < -0.3 is 25.6 Å². The van der Waals surface area contributed by atoms with Gasteiger partial charge >= 0.3 is 0 Å². The number of rotatable bonds is 10. The van der Waals surface area contributed by atoms with Gasteiger partial charge in [-0.1, -0.05) is 42.5 Å². The number of benzene rings is 3. The molecule has 0 aliphatic carbocycles. The van der Waals surface area contributed by atoms with Gasteiger partial charge in [-0.2, -0.15) is 0 Å². The smallest absolute Gasteiger partial charge is 0.255 e. The highest BCUT2D eigenvalue weighted by molar-refractivity contribution is 6.09. The number of morpholine rings is 1. The molecule has 1 heterocycles. The first-order chi connectivity index (χ1) is 18.9. The summed E-state index contributed by atoms with van der Waals surface area (Å²) < 4.78 is 5.35. The maximum atomic E-state index is 13.1. The van der Waals surface area contributed by atoms with E-state index < -0.39 is 0 Å². The lowest BCUT2D eigenvalue weighted by Gasteiger charge is -2.26. The highest BCUT2D eigenvalue weighted by atomic mass is 16.5. The number of carbonyl (C=O) groups is 3. The first-order valence-corrected chi connectivity index (χ1v) is 13.0. The van der Waals surface area contributed by atoms with Gasteiger partial charge in [-0.3, -0.25) is 19.3 Å². The molecule has 9 heteroatoms. The van der Waals surface area contributed by atoms with E-state index in [1.54, 1.807) is 18.2 Å². The second kappa shape index (κ2) is 13.7. The summed E-state index contributed by atoms with van der Waals surface area (Å²) >= 11 is 0. The minimum Gasteiger partial charge on any atom is -0.379 e. The van der Waals surface area contributed by atoms with Gasteiger partial charge in [0.1, 0.15) is 0 Å². The van der Waals surface area contributed by atoms with Crippen LogP contribution < -0.4 is 16.0 Å². The van der Waals surface area contributed by atoms with Gasteiger partial charge in [0.05, 0.1) is 31.0 Å². The highest BCUT2D eigenvalue weighted by Crippen LogP contribution is 2.23. The van der Waals surface area contributed by atoms with Crippen LogP contribution in [0.25, 0.3) is 11.1 Å². The van der Waals surface area contributed by atoms with Crippen LogP contribution in [0.2, 0.25) is 0 Å². The lowest BCUT2D eigenvalue weighted by atomic mass is 10.1. The summed E-state index contributed by atoms with van der Waals surface area (Å²) in [6, 6.07) is 22.3. The van der Waals surface area contributed by atoms with E-state index in [1.807, 2.05) is 78.5 Å². The standard InChI is InChI=1S/C30H35N5O4/c1-34(2)15-14-31-30(38)26-13-10-24(20-27(26)33-28(36)21-35-16-18-39-19-17-35)29(37)32-25-11-8-23(9-12-25)22-6-4-3-5-7-22/h3-13,20H,14-19,21H2,1-2H3,(H,31,38)(H,32,37)(H,33,36). The van der Waals surface area contributed by atoms with E-state index in [4.69, 9.17) is 4.74 Å². The van der Waals surface area contributed by atoms with Crippen LogP contribution in [0.3, 0.4) is 0 Å². The van der Waals surface area contributed by atoms with Crippen LogP contribution in [0.1, 0.15) is 20.7 Å². The lowest BCUT2D eigenvalue weighted by Crippen LogP contribution is -2.41. The normalized spacial score (nSPS) is 13.6. The Bertz CT molecular complexity index is 1270. The van der Waals surface area contributed by atoms with E-state index >= 15 is 0 Å². The fraction of sp³-hybridized carbons (Fsp3) is 0.300. The number of amides is 3. The van der Waals surface area contributed by atoms with Crippen molar-refractivity contribution in [3.8, 4) is 11.1 Å². The molecule has 0 unspecified atom stereocenters. The maximum Gasteiger partial charge on any atom is 0.255 e. The van der Waals surface area contributed by atoms with Crippen molar-refractivity contribution in [1.29, 1.82) is 0 Å². The van der Waals surface area contributed by atoms with Gasteiger partial charge in [0.25, 0.3) is 11.8 Å². The van der Waals surface area contributed by atoms with Crippen molar-refractivity contribution < 1.29 is 19.1 Å². The molecule has 0 atom stereocenters. The Hall–Kier alpha value is -4.05. The average Bonchev–Trinajstić information content (AvgIpc) is 2.94. The third-order valence-corrected chi connectivity index (χ3v) is 6.37. The molecule has 39 heavy (non-hydrogen) atoms. The summed E-state index contributed by atoms with van der Waals surface area (Å²) in [5.41, 5.74) is 3.70. The number of hydrogen-bond acceptors (Lipinski definition) is 6. The van der Waals surface area contributed by atoms with Gasteiger partial charge in [0, 0.05) is 37.4 Å². The van der Waals surface area contributed by atoms with E-state index in [9.17, 15) is 14.4 Å². The monoisotopic (exact) mass is 529 g/mol. The largest absolute Gasteiger partial charge is 0.379 e. The molecule has 0 radical (unpaired) electrons. The van der Waals surface area contributed by atoms with Crippen molar-refractivity contribution >= 4 is 29.1 Å². The molecule has 0 bridgehead atoms. The van der Waals surface area contributed by atoms with Crippen molar-refractivity contribution in [2.45, 2.75) is 0 Å². The Balaban J connectivity index is 1.48. The second-order valence-corrected chi connectivity index (χ2v) is 9.65. The number of hydrogen-bond donors (Lipinski definition) is 3. The molecule has 1 fully saturated rings. The summed E-state index contributed by atoms with van der Waals surface area (Å²) in [7, 11) is 3.85. The first kappa shape index (κ1) is 28.0. The predicted octanol–water partition coefficient (Wildman–Crippen LogP) is 3.17. The minimum absolute atomic E-state index is 0.176. The predicted molar refractivity (Wildman–Crippen MR) is 153 cm³/mol. The second-order valence-electron chi connectivity index (χ2n) is 9.65. The van der Waals surface area contributed by atoms with Crippen LogP contribution in [0, 0.1) is 0 Å². The average molecular weight is 530 g/mol. The van der Waals surface area contributed by atoms with Crippen LogP contribution in [0.4, 0.5) is 11.4 Å². The van der Waals surface area contributed by atoms with Crippen molar-refractivity contribution in [2.24, 2.45) is 0 Å². The number of ether oxygens (including phenoxy) is 1. The fourth-order valence-electron chi connectivity index (χ4n) is 4.21. The highest BCUT2D eigenvalue weighted by Gasteiger charge is 2.19. The van der Waals surface area contributed by atoms with Crippen LogP contribution in [-0.4, -0.2) is 87.6 Å². The van der Waals surface area contributed by atoms with Crippen molar-refractivity contribution in [2.75, 3.05) is 70.7 Å². The van der Waals surface area contributed by atoms with Crippen LogP contribution in [-0.2, 0) is 9.53 Å². The van der Waals surface area contributed by atoms with E-state index in [0.29, 0.717) is 61.9 Å². The van der Waals surface area contributed by atoms with E-state index in [1.165, 1.54) is 0 Å². The van der Waals surface area contributed by atoms with Crippen molar-refractivity contribution in [3.63, 3.8) is 0 Å². The Kier molecular flexibility index (Phi) is 9.80. The summed E-state index contributed by atoms with van der Waals surface area (Å²) in [5, 5.41) is 8.62. The summed E-state index contributed by atoms with van der Waals surface area (Å²) in [6.07, 6.45) is 0. The fourth-order valence-corrected chi connectivity index (χ4v) is 4.21. The quantitative estimate of drug-likeness (QED) is 0.373.